The Labute approximate surface area is 154 Å². The average molecular weight is 380 g/mol. The molecule has 0 spiro atoms. The first kappa shape index (κ1) is 19.4. The zero-order chi connectivity index (χ0) is 18.2. The van der Waals surface area contributed by atoms with Crippen molar-refractivity contribution in [3.05, 3.63) is 34.3 Å². The minimum atomic E-state index is -0.218. The van der Waals surface area contributed by atoms with Gasteiger partial charge in [-0.15, -0.1) is 22.0 Å². The lowest BCUT2D eigenvalue weighted by molar-refractivity contribution is -0.114. The van der Waals surface area contributed by atoms with Crippen molar-refractivity contribution in [3.8, 4) is 0 Å². The minimum Gasteiger partial charge on any atom is -0.377 e. The van der Waals surface area contributed by atoms with Crippen LogP contribution in [-0.2, 0) is 20.9 Å². The normalized spacial score (nSPS) is 10.5. The number of nitrogens with one attached hydrogen (secondary N) is 2. The molecular formula is C16H20N4O3S2. The zero-order valence-corrected chi connectivity index (χ0v) is 15.9. The lowest BCUT2D eigenvalue weighted by Crippen LogP contribution is -2.18. The van der Waals surface area contributed by atoms with Gasteiger partial charge in [-0.25, -0.2) is 0 Å². The highest BCUT2D eigenvalue weighted by Crippen LogP contribution is 2.17. The van der Waals surface area contributed by atoms with Gasteiger partial charge in [0.15, 0.2) is 0 Å². The van der Waals surface area contributed by atoms with Crippen molar-refractivity contribution in [3.63, 3.8) is 0 Å². The molecule has 0 unspecified atom stereocenters. The molecule has 0 saturated carbocycles. The molecule has 0 aliphatic carbocycles. The van der Waals surface area contributed by atoms with Gasteiger partial charge in [-0.3, -0.25) is 14.9 Å². The molecule has 1 aromatic carbocycles. The van der Waals surface area contributed by atoms with E-state index in [1.165, 1.54) is 28.7 Å². The highest BCUT2D eigenvalue weighted by molar-refractivity contribution is 8.00. The third kappa shape index (κ3) is 6.45. The van der Waals surface area contributed by atoms with Crippen LogP contribution >= 0.6 is 23.1 Å². The molecule has 2 aromatic rings. The van der Waals surface area contributed by atoms with Crippen molar-refractivity contribution in [1.29, 1.82) is 0 Å². The molecule has 7 nitrogen and oxygen atoms in total. The highest BCUT2D eigenvalue weighted by atomic mass is 32.2. The van der Waals surface area contributed by atoms with E-state index in [1.807, 2.05) is 32.0 Å². The van der Waals surface area contributed by atoms with Crippen LogP contribution in [0.4, 0.5) is 10.8 Å². The Balaban J connectivity index is 1.70. The first-order chi connectivity index (χ1) is 12.0. The summed E-state index contributed by atoms with van der Waals surface area (Å²) in [5, 5.41) is 14.3. The summed E-state index contributed by atoms with van der Waals surface area (Å²) in [6, 6.07) is 5.76. The topological polar surface area (TPSA) is 93.2 Å². The average Bonchev–Trinajstić information content (AvgIpc) is 2.98. The Kier molecular flexibility index (Phi) is 7.35. The van der Waals surface area contributed by atoms with Crippen molar-refractivity contribution < 1.29 is 14.3 Å². The van der Waals surface area contributed by atoms with Gasteiger partial charge in [0, 0.05) is 12.8 Å². The van der Waals surface area contributed by atoms with E-state index < -0.39 is 0 Å². The van der Waals surface area contributed by atoms with Crippen LogP contribution < -0.4 is 10.6 Å². The van der Waals surface area contributed by atoms with E-state index in [0.717, 1.165) is 11.3 Å². The van der Waals surface area contributed by atoms with Crippen LogP contribution in [0.3, 0.4) is 0 Å². The van der Waals surface area contributed by atoms with Gasteiger partial charge < -0.3 is 10.1 Å². The predicted octanol–water partition coefficient (Wildman–Crippen LogP) is 2.61. The fraction of sp³-hybridized carbons (Fsp3) is 0.375. The monoisotopic (exact) mass is 380 g/mol. The molecule has 0 bridgehead atoms. The van der Waals surface area contributed by atoms with Crippen LogP contribution in [0, 0.1) is 13.8 Å². The maximum atomic E-state index is 11.9. The quantitative estimate of drug-likeness (QED) is 0.731. The molecule has 2 amide bonds. The smallest absolute Gasteiger partial charge is 0.236 e. The number of amides is 2. The van der Waals surface area contributed by atoms with Crippen LogP contribution in [0.5, 0.6) is 0 Å². The number of ether oxygens (including phenoxy) is 1. The predicted molar refractivity (Wildman–Crippen MR) is 101 cm³/mol. The van der Waals surface area contributed by atoms with Crippen molar-refractivity contribution >= 4 is 45.7 Å². The van der Waals surface area contributed by atoms with Crippen molar-refractivity contribution in [2.24, 2.45) is 0 Å². The van der Waals surface area contributed by atoms with Gasteiger partial charge in [0.25, 0.3) is 0 Å². The summed E-state index contributed by atoms with van der Waals surface area (Å²) in [6.07, 6.45) is 0. The maximum Gasteiger partial charge on any atom is 0.236 e. The number of carbonyl (C=O) groups excluding carboxylic acids is 2. The first-order valence-electron chi connectivity index (χ1n) is 7.54. The molecule has 0 aliphatic rings. The van der Waals surface area contributed by atoms with Crippen LogP contribution in [0.1, 0.15) is 16.1 Å². The molecule has 0 fully saturated rings. The van der Waals surface area contributed by atoms with Crippen LogP contribution in [0.15, 0.2) is 18.2 Å². The third-order valence-corrected chi connectivity index (χ3v) is 4.98. The summed E-state index contributed by atoms with van der Waals surface area (Å²) >= 11 is 2.50. The van der Waals surface area contributed by atoms with Gasteiger partial charge in [-0.2, -0.15) is 0 Å². The number of thioether (sulfide) groups is 1. The van der Waals surface area contributed by atoms with Gasteiger partial charge in [0.2, 0.25) is 16.9 Å². The largest absolute Gasteiger partial charge is 0.377 e. The second kappa shape index (κ2) is 9.50. The summed E-state index contributed by atoms with van der Waals surface area (Å²) in [4.78, 5) is 23.8. The number of nitrogens with zero attached hydrogens (tertiary/aromatic N) is 2. The van der Waals surface area contributed by atoms with Gasteiger partial charge in [-0.1, -0.05) is 17.4 Å². The van der Waals surface area contributed by atoms with Crippen molar-refractivity contribution in [2.75, 3.05) is 29.2 Å². The Morgan fingerprint density at radius 3 is 2.52 bits per heavy atom. The SMILES string of the molecule is COCc1nnc(NC(=O)CSCC(=O)Nc2ccc(C)c(C)c2)s1. The first-order valence-corrected chi connectivity index (χ1v) is 9.51. The molecule has 2 rings (SSSR count). The second-order valence-electron chi connectivity index (χ2n) is 5.32. The molecule has 2 N–H and O–H groups in total. The van der Waals surface area contributed by atoms with E-state index in [-0.39, 0.29) is 23.3 Å². The molecule has 0 aliphatic heterocycles. The molecule has 25 heavy (non-hydrogen) atoms. The van der Waals surface area contributed by atoms with Crippen LogP contribution in [-0.4, -0.2) is 40.6 Å². The van der Waals surface area contributed by atoms with E-state index in [9.17, 15) is 9.59 Å². The Morgan fingerprint density at radius 1 is 1.12 bits per heavy atom. The van der Waals surface area contributed by atoms with E-state index in [1.54, 1.807) is 7.11 Å². The fourth-order valence-corrected chi connectivity index (χ4v) is 3.24. The summed E-state index contributed by atoms with van der Waals surface area (Å²) in [6.45, 7) is 4.38. The highest BCUT2D eigenvalue weighted by Gasteiger charge is 2.10. The number of carbonyl (C=O) groups is 2. The number of anilines is 2. The Bertz CT molecular complexity index is 749. The molecular weight excluding hydrogens is 360 g/mol. The number of benzene rings is 1. The van der Waals surface area contributed by atoms with E-state index in [2.05, 4.69) is 20.8 Å². The molecule has 0 saturated heterocycles. The summed E-state index contributed by atoms with van der Waals surface area (Å²) in [5.74, 6) is 0.00808. The van der Waals surface area contributed by atoms with E-state index in [0.29, 0.717) is 16.7 Å². The maximum absolute atomic E-state index is 11.9. The van der Waals surface area contributed by atoms with Crippen molar-refractivity contribution in [2.45, 2.75) is 20.5 Å². The molecule has 1 aromatic heterocycles. The molecule has 0 radical (unpaired) electrons. The van der Waals surface area contributed by atoms with Crippen molar-refractivity contribution in [1.82, 2.24) is 10.2 Å². The lowest BCUT2D eigenvalue weighted by atomic mass is 10.1. The lowest BCUT2D eigenvalue weighted by Gasteiger charge is -2.07. The van der Waals surface area contributed by atoms with Crippen LogP contribution in [0.25, 0.3) is 0 Å². The van der Waals surface area contributed by atoms with E-state index >= 15 is 0 Å². The Hall–Kier alpha value is -1.97. The second-order valence-corrected chi connectivity index (χ2v) is 7.37. The third-order valence-electron chi connectivity index (χ3n) is 3.24. The molecule has 1 heterocycles. The molecule has 134 valence electrons. The standard InChI is InChI=1S/C16H20N4O3S2/c1-10-4-5-12(6-11(10)2)17-13(21)8-24-9-14(22)18-16-20-19-15(25-16)7-23-3/h4-6H,7-9H2,1-3H3,(H,17,21)(H,18,20,22). The molecule has 9 heteroatoms. The summed E-state index contributed by atoms with van der Waals surface area (Å²) in [7, 11) is 1.57. The fourth-order valence-electron chi connectivity index (χ4n) is 1.89. The minimum absolute atomic E-state index is 0.139. The van der Waals surface area contributed by atoms with Gasteiger partial charge in [-0.05, 0) is 37.1 Å². The van der Waals surface area contributed by atoms with Gasteiger partial charge >= 0.3 is 0 Å². The van der Waals surface area contributed by atoms with E-state index in [4.69, 9.17) is 4.74 Å². The molecule has 0 atom stereocenters. The van der Waals surface area contributed by atoms with Gasteiger partial charge in [0.05, 0.1) is 11.5 Å². The number of aromatic nitrogens is 2. The summed E-state index contributed by atoms with van der Waals surface area (Å²) < 4.78 is 4.95. The van der Waals surface area contributed by atoms with Crippen LogP contribution in [0.2, 0.25) is 0 Å². The number of hydrogen-bond acceptors (Lipinski definition) is 7. The number of hydrogen-bond donors (Lipinski definition) is 2. The number of methoxy groups -OCH3 is 1. The summed E-state index contributed by atoms with van der Waals surface area (Å²) in [5.41, 5.74) is 3.06. The number of aryl methyl sites for hydroxylation is 2. The Morgan fingerprint density at radius 2 is 1.84 bits per heavy atom. The zero-order valence-electron chi connectivity index (χ0n) is 14.3. The number of rotatable bonds is 8. The van der Waals surface area contributed by atoms with Gasteiger partial charge in [0.1, 0.15) is 11.6 Å².